The van der Waals surface area contributed by atoms with Gasteiger partial charge in [-0.1, -0.05) is 29.8 Å². The van der Waals surface area contributed by atoms with Crippen LogP contribution in [0.25, 0.3) is 0 Å². The standard InChI is InChI=1S/C16H23F3N2/c1-13-3-2-4-15(9-13)11-21-7-5-14(6-8-21)10-20-12-16(17,18)19/h2-4,9,14,20H,5-8,10-12H2,1H3. The van der Waals surface area contributed by atoms with Crippen LogP contribution in [-0.4, -0.2) is 37.3 Å². The molecule has 0 radical (unpaired) electrons. The second-order valence-electron chi connectivity index (χ2n) is 5.95. The van der Waals surface area contributed by atoms with Crippen LogP contribution in [0.2, 0.25) is 0 Å². The summed E-state index contributed by atoms with van der Waals surface area (Å²) in [5, 5.41) is 2.52. The molecule has 5 heteroatoms. The first-order valence-corrected chi connectivity index (χ1v) is 7.48. The topological polar surface area (TPSA) is 15.3 Å². The van der Waals surface area contributed by atoms with Gasteiger partial charge in [0.1, 0.15) is 0 Å². The van der Waals surface area contributed by atoms with Gasteiger partial charge in [-0.05, 0) is 50.9 Å². The van der Waals surface area contributed by atoms with Crippen LogP contribution in [0.1, 0.15) is 24.0 Å². The van der Waals surface area contributed by atoms with Gasteiger partial charge in [0.15, 0.2) is 0 Å². The Balaban J connectivity index is 1.68. The quantitative estimate of drug-likeness (QED) is 0.897. The Bertz CT molecular complexity index is 437. The van der Waals surface area contributed by atoms with E-state index in [1.165, 1.54) is 11.1 Å². The Hall–Kier alpha value is -1.07. The van der Waals surface area contributed by atoms with Crippen LogP contribution >= 0.6 is 0 Å². The first kappa shape index (κ1) is 16.3. The Labute approximate surface area is 124 Å². The van der Waals surface area contributed by atoms with Gasteiger partial charge in [-0.2, -0.15) is 13.2 Å². The molecule has 0 atom stereocenters. The van der Waals surface area contributed by atoms with E-state index in [9.17, 15) is 13.2 Å². The predicted octanol–water partition coefficient (Wildman–Crippen LogP) is 3.36. The molecule has 0 unspecified atom stereocenters. The summed E-state index contributed by atoms with van der Waals surface area (Å²) < 4.78 is 36.2. The average Bonchev–Trinajstić information content (AvgIpc) is 2.39. The van der Waals surface area contributed by atoms with Crippen molar-refractivity contribution in [2.45, 2.75) is 32.5 Å². The van der Waals surface area contributed by atoms with Crippen LogP contribution in [0.4, 0.5) is 13.2 Å². The normalized spacial score (nSPS) is 18.1. The van der Waals surface area contributed by atoms with Gasteiger partial charge >= 0.3 is 6.18 Å². The highest BCUT2D eigenvalue weighted by Crippen LogP contribution is 2.19. The zero-order valence-corrected chi connectivity index (χ0v) is 12.4. The molecular formula is C16H23F3N2. The highest BCUT2D eigenvalue weighted by atomic mass is 19.4. The summed E-state index contributed by atoms with van der Waals surface area (Å²) in [7, 11) is 0. The molecule has 0 aliphatic carbocycles. The lowest BCUT2D eigenvalue weighted by atomic mass is 9.96. The predicted molar refractivity (Wildman–Crippen MR) is 78.1 cm³/mol. The number of rotatable bonds is 5. The van der Waals surface area contributed by atoms with Crippen molar-refractivity contribution in [3.05, 3.63) is 35.4 Å². The van der Waals surface area contributed by atoms with E-state index in [-0.39, 0.29) is 0 Å². The van der Waals surface area contributed by atoms with Crippen molar-refractivity contribution >= 4 is 0 Å². The second kappa shape index (κ2) is 7.27. The zero-order chi connectivity index (χ0) is 15.3. The van der Waals surface area contributed by atoms with Crippen molar-refractivity contribution in [3.8, 4) is 0 Å². The largest absolute Gasteiger partial charge is 0.401 e. The third-order valence-electron chi connectivity index (χ3n) is 3.95. The number of likely N-dealkylation sites (tertiary alicyclic amines) is 1. The molecule has 0 aromatic heterocycles. The van der Waals surface area contributed by atoms with Gasteiger partial charge in [-0.3, -0.25) is 4.90 Å². The number of halogens is 3. The summed E-state index contributed by atoms with van der Waals surface area (Å²) in [4.78, 5) is 2.38. The van der Waals surface area contributed by atoms with Crippen molar-refractivity contribution in [1.82, 2.24) is 10.2 Å². The SMILES string of the molecule is Cc1cccc(CN2CCC(CNCC(F)(F)F)CC2)c1. The number of alkyl halides is 3. The number of nitrogens with one attached hydrogen (secondary N) is 1. The first-order chi connectivity index (χ1) is 9.92. The van der Waals surface area contributed by atoms with Gasteiger partial charge in [0.2, 0.25) is 0 Å². The van der Waals surface area contributed by atoms with Crippen LogP contribution in [0.5, 0.6) is 0 Å². The van der Waals surface area contributed by atoms with Crippen molar-refractivity contribution in [3.63, 3.8) is 0 Å². The van der Waals surface area contributed by atoms with E-state index in [0.29, 0.717) is 12.5 Å². The number of hydrogen-bond donors (Lipinski definition) is 1. The fourth-order valence-electron chi connectivity index (χ4n) is 2.84. The molecule has 0 spiro atoms. The molecule has 2 rings (SSSR count). The average molecular weight is 300 g/mol. The third kappa shape index (κ3) is 6.06. The molecule has 1 saturated heterocycles. The minimum absolute atomic E-state index is 0.362. The minimum Gasteiger partial charge on any atom is -0.308 e. The lowest BCUT2D eigenvalue weighted by Gasteiger charge is -2.32. The number of aryl methyl sites for hydroxylation is 1. The van der Waals surface area contributed by atoms with Gasteiger partial charge in [0.25, 0.3) is 0 Å². The van der Waals surface area contributed by atoms with Crippen molar-refractivity contribution in [2.24, 2.45) is 5.92 Å². The zero-order valence-electron chi connectivity index (χ0n) is 12.4. The molecule has 0 bridgehead atoms. The maximum absolute atomic E-state index is 12.1. The Morgan fingerprint density at radius 3 is 2.57 bits per heavy atom. The maximum Gasteiger partial charge on any atom is 0.401 e. The summed E-state index contributed by atoms with van der Waals surface area (Å²) in [6.07, 6.45) is -2.17. The van der Waals surface area contributed by atoms with Gasteiger partial charge in [0.05, 0.1) is 6.54 Å². The maximum atomic E-state index is 12.1. The summed E-state index contributed by atoms with van der Waals surface area (Å²) in [6.45, 7) is 4.54. The van der Waals surface area contributed by atoms with Crippen LogP contribution in [-0.2, 0) is 6.54 Å². The van der Waals surface area contributed by atoms with Gasteiger partial charge < -0.3 is 5.32 Å². The van der Waals surface area contributed by atoms with E-state index in [4.69, 9.17) is 0 Å². The fourth-order valence-corrected chi connectivity index (χ4v) is 2.84. The second-order valence-corrected chi connectivity index (χ2v) is 5.95. The molecule has 1 aromatic rings. The molecule has 0 amide bonds. The number of benzene rings is 1. The number of piperidine rings is 1. The monoisotopic (exact) mass is 300 g/mol. The van der Waals surface area contributed by atoms with E-state index < -0.39 is 12.7 Å². The highest BCUT2D eigenvalue weighted by Gasteiger charge is 2.27. The third-order valence-corrected chi connectivity index (χ3v) is 3.95. The van der Waals surface area contributed by atoms with Crippen LogP contribution in [0, 0.1) is 12.8 Å². The van der Waals surface area contributed by atoms with Crippen molar-refractivity contribution < 1.29 is 13.2 Å². The first-order valence-electron chi connectivity index (χ1n) is 7.48. The minimum atomic E-state index is -4.11. The summed E-state index contributed by atoms with van der Waals surface area (Å²) in [5.41, 5.74) is 2.57. The molecular weight excluding hydrogens is 277 g/mol. The molecule has 21 heavy (non-hydrogen) atoms. The number of hydrogen-bond acceptors (Lipinski definition) is 2. The van der Waals surface area contributed by atoms with Gasteiger partial charge in [-0.15, -0.1) is 0 Å². The molecule has 118 valence electrons. The smallest absolute Gasteiger partial charge is 0.308 e. The van der Waals surface area contributed by atoms with Gasteiger partial charge in [0, 0.05) is 6.54 Å². The van der Waals surface area contributed by atoms with Crippen LogP contribution < -0.4 is 5.32 Å². The fraction of sp³-hybridized carbons (Fsp3) is 0.625. The number of nitrogens with zero attached hydrogens (tertiary/aromatic N) is 1. The molecule has 1 aromatic carbocycles. The van der Waals surface area contributed by atoms with E-state index in [1.54, 1.807) is 0 Å². The lowest BCUT2D eigenvalue weighted by Crippen LogP contribution is -2.39. The van der Waals surface area contributed by atoms with Gasteiger partial charge in [-0.25, -0.2) is 0 Å². The molecule has 1 N–H and O–H groups in total. The summed E-state index contributed by atoms with van der Waals surface area (Å²) >= 11 is 0. The molecule has 1 fully saturated rings. The molecule has 1 aliphatic heterocycles. The van der Waals surface area contributed by atoms with Crippen LogP contribution in [0.15, 0.2) is 24.3 Å². The molecule has 0 saturated carbocycles. The van der Waals surface area contributed by atoms with Crippen molar-refractivity contribution in [2.75, 3.05) is 26.2 Å². The van der Waals surface area contributed by atoms with Crippen molar-refractivity contribution in [1.29, 1.82) is 0 Å². The summed E-state index contributed by atoms with van der Waals surface area (Å²) in [5.74, 6) is 0.362. The Kier molecular flexibility index (Phi) is 5.65. The van der Waals surface area contributed by atoms with E-state index in [1.807, 2.05) is 0 Å². The molecule has 1 aliphatic rings. The Morgan fingerprint density at radius 2 is 1.95 bits per heavy atom. The van der Waals surface area contributed by atoms with E-state index in [0.717, 1.165) is 32.5 Å². The lowest BCUT2D eigenvalue weighted by molar-refractivity contribution is -0.125. The Morgan fingerprint density at radius 1 is 1.24 bits per heavy atom. The summed E-state index contributed by atoms with van der Waals surface area (Å²) in [6, 6.07) is 8.47. The van der Waals surface area contributed by atoms with E-state index >= 15 is 0 Å². The van der Waals surface area contributed by atoms with E-state index in [2.05, 4.69) is 41.4 Å². The molecule has 2 nitrogen and oxygen atoms in total. The highest BCUT2D eigenvalue weighted by molar-refractivity contribution is 5.22. The van der Waals surface area contributed by atoms with Crippen LogP contribution in [0.3, 0.4) is 0 Å². The molecule has 1 heterocycles.